The molecule has 2 rings (SSSR count). The fourth-order valence-corrected chi connectivity index (χ4v) is 1.90. The number of methoxy groups -OCH3 is 2. The molecular weight excluding hydrogens is 277 g/mol. The summed E-state index contributed by atoms with van der Waals surface area (Å²) in [6.45, 7) is 3.21. The van der Waals surface area contributed by atoms with Crippen molar-refractivity contribution in [2.24, 2.45) is 0 Å². The summed E-state index contributed by atoms with van der Waals surface area (Å²) in [6, 6.07) is 4.39. The first-order chi connectivity index (χ1) is 10.2. The van der Waals surface area contributed by atoms with Crippen molar-refractivity contribution in [1.29, 1.82) is 0 Å². The van der Waals surface area contributed by atoms with E-state index in [4.69, 9.17) is 9.47 Å². The molecule has 0 aliphatic rings. The van der Waals surface area contributed by atoms with Crippen LogP contribution in [0.25, 0.3) is 5.69 Å². The Bertz CT molecular complexity index is 590. The largest absolute Gasteiger partial charge is 0.494 e. The number of nitrogens with zero attached hydrogens (tertiary/aromatic N) is 4. The first-order valence-electron chi connectivity index (χ1n) is 6.52. The summed E-state index contributed by atoms with van der Waals surface area (Å²) in [4.78, 5) is 0. The molecule has 0 bridgehead atoms. The van der Waals surface area contributed by atoms with E-state index in [1.165, 1.54) is 13.2 Å². The Labute approximate surface area is 122 Å². The van der Waals surface area contributed by atoms with Gasteiger partial charge in [-0.15, -0.1) is 5.10 Å². The highest BCUT2D eigenvalue weighted by Gasteiger charge is 2.16. The molecule has 1 N–H and O–H groups in total. The van der Waals surface area contributed by atoms with Crippen LogP contribution in [0.1, 0.15) is 18.8 Å². The average Bonchev–Trinajstić information content (AvgIpc) is 2.97. The molecule has 21 heavy (non-hydrogen) atoms. The Kier molecular flexibility index (Phi) is 5.18. The molecule has 1 aromatic heterocycles. The van der Waals surface area contributed by atoms with E-state index in [1.54, 1.807) is 23.9 Å². The van der Waals surface area contributed by atoms with Gasteiger partial charge in [0.15, 0.2) is 17.4 Å². The molecule has 0 aliphatic carbocycles. The van der Waals surface area contributed by atoms with Gasteiger partial charge in [-0.2, -0.15) is 4.68 Å². The van der Waals surface area contributed by atoms with Crippen molar-refractivity contribution in [3.63, 3.8) is 0 Å². The normalized spacial score (nSPS) is 12.4. The summed E-state index contributed by atoms with van der Waals surface area (Å²) in [5.41, 5.74) is 0.633. The van der Waals surface area contributed by atoms with E-state index < -0.39 is 5.82 Å². The number of nitrogens with one attached hydrogen (secondary N) is 1. The lowest BCUT2D eigenvalue weighted by molar-refractivity contribution is 0.196. The predicted octanol–water partition coefficient (Wildman–Crippen LogP) is 1.11. The monoisotopic (exact) mass is 295 g/mol. The Morgan fingerprint density at radius 1 is 1.38 bits per heavy atom. The van der Waals surface area contributed by atoms with Crippen LogP contribution in [0.4, 0.5) is 4.39 Å². The highest BCUT2D eigenvalue weighted by atomic mass is 19.1. The van der Waals surface area contributed by atoms with Crippen LogP contribution in [0.15, 0.2) is 18.2 Å². The van der Waals surface area contributed by atoms with E-state index in [1.807, 2.05) is 6.92 Å². The highest BCUT2D eigenvalue weighted by Crippen LogP contribution is 2.22. The molecule has 8 heteroatoms. The van der Waals surface area contributed by atoms with Crippen molar-refractivity contribution >= 4 is 0 Å². The Morgan fingerprint density at radius 2 is 2.19 bits per heavy atom. The topological polar surface area (TPSA) is 74.1 Å². The zero-order valence-corrected chi connectivity index (χ0v) is 12.2. The molecule has 1 atom stereocenters. The van der Waals surface area contributed by atoms with Gasteiger partial charge in [-0.25, -0.2) is 4.39 Å². The number of halogens is 1. The van der Waals surface area contributed by atoms with Crippen LogP contribution in [-0.2, 0) is 4.74 Å². The van der Waals surface area contributed by atoms with E-state index in [2.05, 4.69) is 20.8 Å². The van der Waals surface area contributed by atoms with Crippen LogP contribution >= 0.6 is 0 Å². The summed E-state index contributed by atoms with van der Waals surface area (Å²) in [7, 11) is 3.05. The average molecular weight is 295 g/mol. The zero-order valence-electron chi connectivity index (χ0n) is 12.2. The molecule has 1 unspecified atom stereocenters. The SMILES string of the molecule is COCCNC(C)c1nnnn1-c1ccc(F)c(OC)c1. The molecule has 0 saturated heterocycles. The number of rotatable bonds is 7. The second kappa shape index (κ2) is 7.09. The standard InChI is InChI=1S/C13H18FN5O2/c1-9(15-6-7-20-2)13-16-17-18-19(13)10-4-5-11(14)12(8-10)21-3/h4-5,8-9,15H,6-7H2,1-3H3. The van der Waals surface area contributed by atoms with Crippen molar-refractivity contribution in [3.8, 4) is 11.4 Å². The Morgan fingerprint density at radius 3 is 2.90 bits per heavy atom. The number of benzene rings is 1. The van der Waals surface area contributed by atoms with E-state index in [0.717, 1.165) is 0 Å². The van der Waals surface area contributed by atoms with Gasteiger partial charge in [0, 0.05) is 19.7 Å². The van der Waals surface area contributed by atoms with Crippen LogP contribution in [-0.4, -0.2) is 47.6 Å². The molecule has 0 saturated carbocycles. The number of tetrazole rings is 1. The number of hydrogen-bond acceptors (Lipinski definition) is 6. The molecule has 7 nitrogen and oxygen atoms in total. The summed E-state index contributed by atoms with van der Waals surface area (Å²) in [5.74, 6) is 0.343. The van der Waals surface area contributed by atoms with Crippen LogP contribution in [0.5, 0.6) is 5.75 Å². The van der Waals surface area contributed by atoms with E-state index in [9.17, 15) is 4.39 Å². The van der Waals surface area contributed by atoms with Gasteiger partial charge in [-0.05, 0) is 29.5 Å². The lowest BCUT2D eigenvalue weighted by atomic mass is 10.2. The third-order valence-electron chi connectivity index (χ3n) is 3.02. The summed E-state index contributed by atoms with van der Waals surface area (Å²) >= 11 is 0. The maximum Gasteiger partial charge on any atom is 0.173 e. The first-order valence-corrected chi connectivity index (χ1v) is 6.52. The smallest absolute Gasteiger partial charge is 0.173 e. The molecule has 0 radical (unpaired) electrons. The third-order valence-corrected chi connectivity index (χ3v) is 3.02. The van der Waals surface area contributed by atoms with Crippen LogP contribution in [0, 0.1) is 5.82 Å². The minimum Gasteiger partial charge on any atom is -0.494 e. The van der Waals surface area contributed by atoms with Crippen molar-refractivity contribution in [3.05, 3.63) is 29.8 Å². The molecule has 0 fully saturated rings. The second-order valence-corrected chi connectivity index (χ2v) is 4.44. The molecule has 0 aliphatic heterocycles. The minimum atomic E-state index is -0.429. The van der Waals surface area contributed by atoms with Gasteiger partial charge in [-0.3, -0.25) is 0 Å². The molecule has 1 heterocycles. The van der Waals surface area contributed by atoms with Gasteiger partial charge >= 0.3 is 0 Å². The van der Waals surface area contributed by atoms with E-state index in [-0.39, 0.29) is 11.8 Å². The maximum absolute atomic E-state index is 13.5. The predicted molar refractivity (Wildman–Crippen MR) is 74.0 cm³/mol. The van der Waals surface area contributed by atoms with Crippen molar-refractivity contribution in [2.45, 2.75) is 13.0 Å². The molecular formula is C13H18FN5O2. The van der Waals surface area contributed by atoms with Crippen molar-refractivity contribution in [2.75, 3.05) is 27.4 Å². The zero-order chi connectivity index (χ0) is 15.2. The molecule has 2 aromatic rings. The van der Waals surface area contributed by atoms with Gasteiger partial charge in [0.25, 0.3) is 0 Å². The van der Waals surface area contributed by atoms with Gasteiger partial charge in [0.1, 0.15) is 0 Å². The molecule has 0 spiro atoms. The lowest BCUT2D eigenvalue weighted by Gasteiger charge is -2.13. The van der Waals surface area contributed by atoms with Gasteiger partial charge in [-0.1, -0.05) is 0 Å². The quantitative estimate of drug-likeness (QED) is 0.771. The Balaban J connectivity index is 2.23. The fourth-order valence-electron chi connectivity index (χ4n) is 1.90. The van der Waals surface area contributed by atoms with Gasteiger partial charge in [0.2, 0.25) is 0 Å². The number of hydrogen-bond donors (Lipinski definition) is 1. The van der Waals surface area contributed by atoms with E-state index >= 15 is 0 Å². The molecule has 114 valence electrons. The highest BCUT2D eigenvalue weighted by molar-refractivity contribution is 5.40. The van der Waals surface area contributed by atoms with Crippen LogP contribution in [0.3, 0.4) is 0 Å². The first kappa shape index (κ1) is 15.3. The van der Waals surface area contributed by atoms with E-state index in [0.29, 0.717) is 24.7 Å². The van der Waals surface area contributed by atoms with Crippen molar-refractivity contribution < 1.29 is 13.9 Å². The van der Waals surface area contributed by atoms with Crippen molar-refractivity contribution in [1.82, 2.24) is 25.5 Å². The number of ether oxygens (including phenoxy) is 2. The maximum atomic E-state index is 13.5. The van der Waals surface area contributed by atoms with Crippen LogP contribution < -0.4 is 10.1 Å². The summed E-state index contributed by atoms with van der Waals surface area (Å²) in [5, 5.41) is 14.9. The number of aromatic nitrogens is 4. The third kappa shape index (κ3) is 3.53. The molecule has 0 amide bonds. The summed E-state index contributed by atoms with van der Waals surface area (Å²) < 4.78 is 25.0. The minimum absolute atomic E-state index is 0.0776. The van der Waals surface area contributed by atoms with Gasteiger partial charge < -0.3 is 14.8 Å². The fraction of sp³-hybridized carbons (Fsp3) is 0.462. The van der Waals surface area contributed by atoms with Crippen LogP contribution in [0.2, 0.25) is 0 Å². The lowest BCUT2D eigenvalue weighted by Crippen LogP contribution is -2.25. The van der Waals surface area contributed by atoms with Gasteiger partial charge in [0.05, 0.1) is 25.4 Å². The summed E-state index contributed by atoms with van der Waals surface area (Å²) in [6.07, 6.45) is 0. The second-order valence-electron chi connectivity index (χ2n) is 4.44. The molecule has 1 aromatic carbocycles. The Hall–Kier alpha value is -2.06.